The van der Waals surface area contributed by atoms with Gasteiger partial charge in [0.1, 0.15) is 0 Å². The molecule has 3 aliphatic carbocycles. The van der Waals surface area contributed by atoms with E-state index in [1.54, 1.807) is 0 Å². The van der Waals surface area contributed by atoms with Gasteiger partial charge in [-0.15, -0.1) is 28.9 Å². The molecule has 0 bridgehead atoms. The van der Waals surface area contributed by atoms with Gasteiger partial charge in [-0.3, -0.25) is 0 Å². The third kappa shape index (κ3) is 5.15. The summed E-state index contributed by atoms with van der Waals surface area (Å²) in [6.07, 6.45) is 19.4. The number of rotatable bonds is 4. The molecule has 3 heteroatoms. The quantitative estimate of drug-likeness (QED) is 0.244. The first-order valence-corrected chi connectivity index (χ1v) is 14.1. The Morgan fingerprint density at radius 2 is 1.41 bits per heavy atom. The Kier molecular flexibility index (Phi) is 7.86. The molecule has 2 unspecified atom stereocenters. The van der Waals surface area contributed by atoms with Crippen molar-refractivity contribution in [3.63, 3.8) is 0 Å². The fraction of sp³-hybridized carbons (Fsp3) is 0.654. The van der Waals surface area contributed by atoms with Crippen LogP contribution < -0.4 is 0 Å². The highest BCUT2D eigenvalue weighted by molar-refractivity contribution is 7.63. The third-order valence-electron chi connectivity index (χ3n) is 7.23. The van der Waals surface area contributed by atoms with Gasteiger partial charge in [0.25, 0.3) is 0 Å². The van der Waals surface area contributed by atoms with Crippen molar-refractivity contribution in [2.45, 2.75) is 105 Å². The zero-order valence-electron chi connectivity index (χ0n) is 17.6. The molecule has 158 valence electrons. The van der Waals surface area contributed by atoms with E-state index in [0.717, 1.165) is 30.6 Å². The molecule has 0 amide bonds. The maximum Gasteiger partial charge on any atom is 0.0939 e. The van der Waals surface area contributed by atoms with E-state index in [9.17, 15) is 0 Å². The average Bonchev–Trinajstić information content (AvgIpc) is 2.76. The van der Waals surface area contributed by atoms with Gasteiger partial charge in [0, 0.05) is 5.57 Å². The van der Waals surface area contributed by atoms with Crippen LogP contribution in [0.25, 0.3) is 6.08 Å². The Morgan fingerprint density at radius 1 is 0.828 bits per heavy atom. The minimum Gasteiger partial charge on any atom is -0.117 e. The topological polar surface area (TPSA) is 0 Å². The number of halogens is 2. The molecule has 29 heavy (non-hydrogen) atoms. The van der Waals surface area contributed by atoms with Crippen molar-refractivity contribution in [3.8, 4) is 0 Å². The lowest BCUT2D eigenvalue weighted by Crippen LogP contribution is -2.39. The standard InChI is InChI=1S/C26H35Cl2P/c27-25-17-10-20-26(28,24(25)19-18-21-11-4-1-5-12-21)29(22-13-6-2-7-14-22)23-15-8-3-9-16-23/h1,4-5,11-12,18,22-23,25H,2-3,6-10,13-17,20H2. The van der Waals surface area contributed by atoms with Gasteiger partial charge in [-0.1, -0.05) is 76.8 Å². The Morgan fingerprint density at radius 3 is 2.00 bits per heavy atom. The van der Waals surface area contributed by atoms with Gasteiger partial charge in [0.2, 0.25) is 0 Å². The van der Waals surface area contributed by atoms with Gasteiger partial charge in [0.15, 0.2) is 0 Å². The summed E-state index contributed by atoms with van der Waals surface area (Å²) >= 11 is 14.7. The van der Waals surface area contributed by atoms with Crippen LogP contribution in [0.1, 0.15) is 89.0 Å². The SMILES string of the molecule is ClC1CCCC(Cl)(P(C2CCCCC2)C2CCCCC2)C1=C=Cc1ccccc1. The molecule has 0 heterocycles. The fourth-order valence-electron chi connectivity index (χ4n) is 5.81. The number of alkyl halides is 2. The molecule has 3 fully saturated rings. The fourth-order valence-corrected chi connectivity index (χ4v) is 12.0. The summed E-state index contributed by atoms with van der Waals surface area (Å²) in [5, 5.41) is 0.0402. The molecule has 1 aromatic carbocycles. The predicted molar refractivity (Wildman–Crippen MR) is 131 cm³/mol. The summed E-state index contributed by atoms with van der Waals surface area (Å²) in [4.78, 5) is 0. The van der Waals surface area contributed by atoms with Crippen LogP contribution in [0.5, 0.6) is 0 Å². The molecule has 2 atom stereocenters. The second-order valence-corrected chi connectivity index (χ2v) is 13.7. The van der Waals surface area contributed by atoms with Crippen molar-refractivity contribution in [3.05, 3.63) is 47.2 Å². The van der Waals surface area contributed by atoms with Crippen LogP contribution in [0, 0.1) is 0 Å². The maximum absolute atomic E-state index is 7.76. The molecule has 0 N–H and O–H groups in total. The Hall–Kier alpha value is -0.250. The van der Waals surface area contributed by atoms with Crippen LogP contribution in [0.4, 0.5) is 0 Å². The van der Waals surface area contributed by atoms with E-state index in [1.807, 2.05) is 0 Å². The minimum absolute atomic E-state index is 0.0402. The van der Waals surface area contributed by atoms with Gasteiger partial charge < -0.3 is 0 Å². The van der Waals surface area contributed by atoms with Crippen LogP contribution >= 0.6 is 31.1 Å². The lowest BCUT2D eigenvalue weighted by atomic mass is 9.93. The van der Waals surface area contributed by atoms with E-state index >= 15 is 0 Å². The molecule has 0 aromatic heterocycles. The number of hydrogen-bond acceptors (Lipinski definition) is 0. The third-order valence-corrected chi connectivity index (χ3v) is 12.5. The zero-order valence-corrected chi connectivity index (χ0v) is 20.0. The summed E-state index contributed by atoms with van der Waals surface area (Å²) in [5.41, 5.74) is 7.75. The Balaban J connectivity index is 1.73. The summed E-state index contributed by atoms with van der Waals surface area (Å²) < 4.78 is -0.241. The van der Waals surface area contributed by atoms with Gasteiger partial charge >= 0.3 is 0 Å². The smallest absolute Gasteiger partial charge is 0.0939 e. The predicted octanol–water partition coefficient (Wildman–Crippen LogP) is 9.10. The van der Waals surface area contributed by atoms with E-state index < -0.39 is 0 Å². The van der Waals surface area contributed by atoms with E-state index in [1.165, 1.54) is 75.3 Å². The highest BCUT2D eigenvalue weighted by Crippen LogP contribution is 2.70. The summed E-state index contributed by atoms with van der Waals surface area (Å²) in [6.45, 7) is 0. The van der Waals surface area contributed by atoms with Crippen molar-refractivity contribution in [2.75, 3.05) is 0 Å². The largest absolute Gasteiger partial charge is 0.117 e. The zero-order chi connectivity index (χ0) is 20.1. The lowest BCUT2D eigenvalue weighted by molar-refractivity contribution is 0.472. The first-order valence-electron chi connectivity index (χ1n) is 11.8. The van der Waals surface area contributed by atoms with Crippen molar-refractivity contribution < 1.29 is 0 Å². The second kappa shape index (κ2) is 10.4. The highest BCUT2D eigenvalue weighted by atomic mass is 35.5. The van der Waals surface area contributed by atoms with Crippen molar-refractivity contribution in [1.82, 2.24) is 0 Å². The molecule has 3 aliphatic rings. The number of allylic oxidation sites excluding steroid dienone is 1. The summed E-state index contributed by atoms with van der Waals surface area (Å²) in [7, 11) is -0.282. The molecule has 3 saturated carbocycles. The van der Waals surface area contributed by atoms with Crippen molar-refractivity contribution in [1.29, 1.82) is 0 Å². The number of hydrogen-bond donors (Lipinski definition) is 0. The molecule has 0 radical (unpaired) electrons. The van der Waals surface area contributed by atoms with Gasteiger partial charge in [0.05, 0.1) is 9.99 Å². The second-order valence-electron chi connectivity index (χ2n) is 9.22. The first-order chi connectivity index (χ1) is 14.2. The van der Waals surface area contributed by atoms with Gasteiger partial charge in [-0.2, -0.15) is 0 Å². The van der Waals surface area contributed by atoms with E-state index in [0.29, 0.717) is 0 Å². The Labute approximate surface area is 188 Å². The van der Waals surface area contributed by atoms with E-state index in [2.05, 4.69) is 42.1 Å². The molecule has 0 saturated heterocycles. The average molecular weight is 449 g/mol. The molecule has 0 nitrogen and oxygen atoms in total. The molecule has 1 aromatic rings. The molecule has 0 aliphatic heterocycles. The normalized spacial score (nSPS) is 29.6. The van der Waals surface area contributed by atoms with Gasteiger partial charge in [-0.25, -0.2) is 0 Å². The Bertz CT molecular complexity index is 693. The maximum atomic E-state index is 7.76. The molecular weight excluding hydrogens is 414 g/mol. The first kappa shape index (κ1) is 22.0. The van der Waals surface area contributed by atoms with Gasteiger partial charge in [-0.05, 0) is 67.9 Å². The van der Waals surface area contributed by atoms with Crippen molar-refractivity contribution >= 4 is 37.2 Å². The van der Waals surface area contributed by atoms with E-state index in [-0.39, 0.29) is 17.9 Å². The van der Waals surface area contributed by atoms with Crippen LogP contribution in [0.3, 0.4) is 0 Å². The highest BCUT2D eigenvalue weighted by Gasteiger charge is 2.50. The summed E-state index contributed by atoms with van der Waals surface area (Å²) in [6, 6.07) is 10.5. The van der Waals surface area contributed by atoms with Crippen LogP contribution in [0.2, 0.25) is 0 Å². The summed E-state index contributed by atoms with van der Waals surface area (Å²) in [5.74, 6) is 0. The monoisotopic (exact) mass is 448 g/mol. The van der Waals surface area contributed by atoms with Crippen molar-refractivity contribution in [2.24, 2.45) is 0 Å². The molecular formula is C26H35Cl2P. The lowest BCUT2D eigenvalue weighted by Gasteiger charge is -2.50. The molecule has 4 rings (SSSR count). The van der Waals surface area contributed by atoms with E-state index in [4.69, 9.17) is 23.2 Å². The minimum atomic E-state index is -0.282. The molecule has 0 spiro atoms. The number of benzene rings is 1. The van der Waals surface area contributed by atoms with Crippen LogP contribution in [-0.2, 0) is 0 Å². The van der Waals surface area contributed by atoms with Crippen LogP contribution in [0.15, 0.2) is 41.6 Å². The van der Waals surface area contributed by atoms with Crippen LogP contribution in [-0.4, -0.2) is 21.3 Å².